The van der Waals surface area contributed by atoms with Gasteiger partial charge in [0.05, 0.1) is 12.1 Å². The van der Waals surface area contributed by atoms with Crippen LogP contribution in [0.3, 0.4) is 0 Å². The second-order valence-corrected chi connectivity index (χ2v) is 3.80. The lowest BCUT2D eigenvalue weighted by Crippen LogP contribution is -2.24. The summed E-state index contributed by atoms with van der Waals surface area (Å²) >= 11 is 0. The number of hydrogen-bond acceptors (Lipinski definition) is 3. The number of aryl methyl sites for hydroxylation is 1. The van der Waals surface area contributed by atoms with Crippen LogP contribution in [0.15, 0.2) is 30.6 Å². The minimum absolute atomic E-state index is 0.0330. The average molecular weight is 249 g/mol. The molecule has 1 heterocycles. The molecule has 94 valence electrons. The Balaban J connectivity index is 2.06. The van der Waals surface area contributed by atoms with Gasteiger partial charge < -0.3 is 15.0 Å². The van der Waals surface area contributed by atoms with Crippen molar-refractivity contribution in [3.8, 4) is 5.75 Å². The number of nitrogens with one attached hydrogen (secondary N) is 1. The van der Waals surface area contributed by atoms with E-state index in [9.17, 15) is 14.3 Å². The highest BCUT2D eigenvalue weighted by atomic mass is 19.1. The maximum Gasteiger partial charge on any atom is 0.255 e. The summed E-state index contributed by atoms with van der Waals surface area (Å²) < 4.78 is 14.5. The summed E-state index contributed by atoms with van der Waals surface area (Å²) in [6.45, 7) is 0.235. The number of carbonyl (C=O) groups excluding carboxylic acids is 1. The number of phenols is 1. The lowest BCUT2D eigenvalue weighted by molar-refractivity contribution is 0.0947. The number of rotatable bonds is 3. The summed E-state index contributed by atoms with van der Waals surface area (Å²) in [5.41, 5.74) is 0.0330. The number of nitrogens with zero attached hydrogens (tertiary/aromatic N) is 2. The van der Waals surface area contributed by atoms with Gasteiger partial charge in [0, 0.05) is 25.5 Å². The SMILES string of the molecule is Cn1ccnc1CNC(=O)c1ccc(F)cc1O. The van der Waals surface area contributed by atoms with Crippen molar-refractivity contribution in [3.05, 3.63) is 47.8 Å². The van der Waals surface area contributed by atoms with Crippen molar-refractivity contribution in [2.75, 3.05) is 0 Å². The van der Waals surface area contributed by atoms with Crippen LogP contribution in [0.1, 0.15) is 16.2 Å². The molecule has 2 rings (SSSR count). The van der Waals surface area contributed by atoms with Gasteiger partial charge in [-0.1, -0.05) is 0 Å². The Morgan fingerprint density at radius 2 is 2.33 bits per heavy atom. The first-order valence-corrected chi connectivity index (χ1v) is 5.31. The van der Waals surface area contributed by atoms with E-state index < -0.39 is 11.7 Å². The lowest BCUT2D eigenvalue weighted by Gasteiger charge is -2.06. The molecule has 1 amide bonds. The fourth-order valence-electron chi connectivity index (χ4n) is 1.52. The van der Waals surface area contributed by atoms with Crippen LogP contribution in [0.25, 0.3) is 0 Å². The molecule has 0 aliphatic heterocycles. The van der Waals surface area contributed by atoms with Gasteiger partial charge in [-0.25, -0.2) is 9.37 Å². The van der Waals surface area contributed by atoms with E-state index in [0.29, 0.717) is 5.82 Å². The molecule has 5 nitrogen and oxygen atoms in total. The number of hydrogen-bond donors (Lipinski definition) is 2. The number of phenolic OH excluding ortho intramolecular Hbond substituents is 1. The van der Waals surface area contributed by atoms with Crippen LogP contribution in [0.2, 0.25) is 0 Å². The normalized spacial score (nSPS) is 10.3. The van der Waals surface area contributed by atoms with Gasteiger partial charge in [0.15, 0.2) is 0 Å². The second kappa shape index (κ2) is 4.87. The Bertz CT molecular complexity index is 580. The molecule has 2 aromatic rings. The molecule has 0 aliphatic carbocycles. The quantitative estimate of drug-likeness (QED) is 0.858. The van der Waals surface area contributed by atoms with E-state index in [2.05, 4.69) is 10.3 Å². The minimum Gasteiger partial charge on any atom is -0.507 e. The second-order valence-electron chi connectivity index (χ2n) is 3.80. The van der Waals surface area contributed by atoms with E-state index >= 15 is 0 Å². The monoisotopic (exact) mass is 249 g/mol. The van der Waals surface area contributed by atoms with Crippen LogP contribution >= 0.6 is 0 Å². The van der Waals surface area contributed by atoms with Crippen molar-refractivity contribution in [1.29, 1.82) is 0 Å². The largest absolute Gasteiger partial charge is 0.507 e. The standard InChI is InChI=1S/C12H12FN3O2/c1-16-5-4-14-11(16)7-15-12(18)9-3-2-8(13)6-10(9)17/h2-6,17H,7H2,1H3,(H,15,18). The number of amides is 1. The van der Waals surface area contributed by atoms with E-state index in [0.717, 1.165) is 12.1 Å². The smallest absolute Gasteiger partial charge is 0.255 e. The molecule has 6 heteroatoms. The number of aromatic hydroxyl groups is 1. The van der Waals surface area contributed by atoms with E-state index in [1.54, 1.807) is 17.0 Å². The van der Waals surface area contributed by atoms with Gasteiger partial charge in [0.1, 0.15) is 17.4 Å². The van der Waals surface area contributed by atoms with Gasteiger partial charge in [-0.3, -0.25) is 4.79 Å². The maximum absolute atomic E-state index is 12.8. The molecule has 0 unspecified atom stereocenters. The fourth-order valence-corrected chi connectivity index (χ4v) is 1.52. The average Bonchev–Trinajstić information content (AvgIpc) is 2.72. The molecule has 1 aromatic heterocycles. The van der Waals surface area contributed by atoms with Crippen molar-refractivity contribution in [2.45, 2.75) is 6.54 Å². The molecule has 0 saturated carbocycles. The Morgan fingerprint density at radius 3 is 2.94 bits per heavy atom. The third-order valence-corrected chi connectivity index (χ3v) is 2.53. The van der Waals surface area contributed by atoms with Crippen LogP contribution in [0.4, 0.5) is 4.39 Å². The molecule has 0 radical (unpaired) electrons. The van der Waals surface area contributed by atoms with E-state index in [1.165, 1.54) is 6.07 Å². The predicted molar refractivity (Wildman–Crippen MR) is 62.4 cm³/mol. The highest BCUT2D eigenvalue weighted by Gasteiger charge is 2.12. The lowest BCUT2D eigenvalue weighted by atomic mass is 10.2. The molecule has 0 fully saturated rings. The first-order valence-electron chi connectivity index (χ1n) is 5.31. The van der Waals surface area contributed by atoms with E-state index in [4.69, 9.17) is 0 Å². The van der Waals surface area contributed by atoms with Crippen LogP contribution in [-0.4, -0.2) is 20.6 Å². The summed E-state index contributed by atoms with van der Waals surface area (Å²) in [4.78, 5) is 15.8. The van der Waals surface area contributed by atoms with Crippen molar-refractivity contribution < 1.29 is 14.3 Å². The van der Waals surface area contributed by atoms with Gasteiger partial charge >= 0.3 is 0 Å². The van der Waals surface area contributed by atoms with Crippen molar-refractivity contribution >= 4 is 5.91 Å². The molecule has 0 bridgehead atoms. The van der Waals surface area contributed by atoms with Crippen LogP contribution < -0.4 is 5.32 Å². The Morgan fingerprint density at radius 1 is 1.56 bits per heavy atom. The Hall–Kier alpha value is -2.37. The van der Waals surface area contributed by atoms with Gasteiger partial charge in [-0.2, -0.15) is 0 Å². The molecule has 1 aromatic carbocycles. The van der Waals surface area contributed by atoms with Crippen LogP contribution in [-0.2, 0) is 13.6 Å². The molecule has 18 heavy (non-hydrogen) atoms. The molecule has 0 spiro atoms. The Kier molecular flexibility index (Phi) is 3.27. The van der Waals surface area contributed by atoms with E-state index in [1.807, 2.05) is 7.05 Å². The number of benzene rings is 1. The summed E-state index contributed by atoms with van der Waals surface area (Å²) in [6, 6.07) is 3.25. The maximum atomic E-state index is 12.8. The molecule has 0 aliphatic rings. The summed E-state index contributed by atoms with van der Waals surface area (Å²) in [5.74, 6) is -0.763. The van der Waals surface area contributed by atoms with Crippen molar-refractivity contribution in [2.24, 2.45) is 7.05 Å². The highest BCUT2D eigenvalue weighted by molar-refractivity contribution is 5.96. The Labute approximate surface area is 103 Å². The van der Waals surface area contributed by atoms with Gasteiger partial charge in [0.2, 0.25) is 0 Å². The molecular formula is C12H12FN3O2. The summed E-state index contributed by atoms with van der Waals surface area (Å²) in [5, 5.41) is 12.0. The zero-order chi connectivity index (χ0) is 13.1. The topological polar surface area (TPSA) is 67.2 Å². The number of aromatic nitrogens is 2. The molecule has 0 atom stereocenters. The molecule has 2 N–H and O–H groups in total. The minimum atomic E-state index is -0.590. The third kappa shape index (κ3) is 2.48. The third-order valence-electron chi connectivity index (χ3n) is 2.53. The van der Waals surface area contributed by atoms with Crippen molar-refractivity contribution in [1.82, 2.24) is 14.9 Å². The first-order chi connectivity index (χ1) is 8.58. The van der Waals surface area contributed by atoms with Crippen LogP contribution in [0.5, 0.6) is 5.75 Å². The van der Waals surface area contributed by atoms with E-state index in [-0.39, 0.29) is 17.9 Å². The molecule has 0 saturated heterocycles. The first kappa shape index (κ1) is 12.1. The fraction of sp³-hybridized carbons (Fsp3) is 0.167. The number of halogens is 1. The molecular weight excluding hydrogens is 237 g/mol. The highest BCUT2D eigenvalue weighted by Crippen LogP contribution is 2.17. The van der Waals surface area contributed by atoms with Gasteiger partial charge in [-0.15, -0.1) is 0 Å². The summed E-state index contributed by atoms with van der Waals surface area (Å²) in [7, 11) is 1.81. The van der Waals surface area contributed by atoms with Crippen molar-refractivity contribution in [3.63, 3.8) is 0 Å². The predicted octanol–water partition coefficient (Wildman–Crippen LogP) is 1.19. The van der Waals surface area contributed by atoms with Gasteiger partial charge in [0.25, 0.3) is 5.91 Å². The van der Waals surface area contributed by atoms with Crippen LogP contribution in [0, 0.1) is 5.82 Å². The summed E-state index contributed by atoms with van der Waals surface area (Å²) in [6.07, 6.45) is 3.38. The zero-order valence-electron chi connectivity index (χ0n) is 9.72. The number of carbonyl (C=O) groups is 1. The van der Waals surface area contributed by atoms with Gasteiger partial charge in [-0.05, 0) is 12.1 Å². The number of imidazole rings is 1. The zero-order valence-corrected chi connectivity index (χ0v) is 9.72.